The molecule has 8 heteroatoms. The summed E-state index contributed by atoms with van der Waals surface area (Å²) in [7, 11) is 1.67. The Hall–Kier alpha value is -1.89. The number of nitrogens with zero attached hydrogens (tertiary/aromatic N) is 4. The third-order valence-electron chi connectivity index (χ3n) is 3.19. The fourth-order valence-electron chi connectivity index (χ4n) is 1.97. The van der Waals surface area contributed by atoms with Gasteiger partial charge in [0.15, 0.2) is 5.82 Å². The lowest BCUT2D eigenvalue weighted by atomic mass is 10.3. The van der Waals surface area contributed by atoms with Crippen molar-refractivity contribution >= 4 is 17.5 Å². The second kappa shape index (κ2) is 4.90. The lowest BCUT2D eigenvalue weighted by molar-refractivity contribution is 0.0937. The van der Waals surface area contributed by atoms with Crippen molar-refractivity contribution in [2.75, 3.05) is 0 Å². The minimum atomic E-state index is -0.315. The van der Waals surface area contributed by atoms with Gasteiger partial charge < -0.3 is 9.84 Å². The van der Waals surface area contributed by atoms with Crippen molar-refractivity contribution in [3.05, 3.63) is 28.1 Å². The van der Waals surface area contributed by atoms with E-state index in [4.69, 9.17) is 16.1 Å². The summed E-state index contributed by atoms with van der Waals surface area (Å²) >= 11 is 6.05. The molecule has 20 heavy (non-hydrogen) atoms. The number of aromatic nitrogens is 4. The van der Waals surface area contributed by atoms with Gasteiger partial charge in [0.25, 0.3) is 5.91 Å². The van der Waals surface area contributed by atoms with Gasteiger partial charge in [0, 0.05) is 13.0 Å². The lowest BCUT2D eigenvalue weighted by Crippen LogP contribution is -2.25. The zero-order valence-corrected chi connectivity index (χ0v) is 11.9. The predicted octanol–water partition coefficient (Wildman–Crippen LogP) is 1.57. The Kier molecular flexibility index (Phi) is 3.21. The lowest BCUT2D eigenvalue weighted by Gasteiger charge is -2.03. The molecule has 1 saturated carbocycles. The molecule has 3 rings (SSSR count). The van der Waals surface area contributed by atoms with Gasteiger partial charge in [-0.1, -0.05) is 16.8 Å². The van der Waals surface area contributed by atoms with Crippen molar-refractivity contribution in [2.45, 2.75) is 32.2 Å². The molecule has 0 atom stereocenters. The molecule has 1 amide bonds. The maximum absolute atomic E-state index is 12.1. The highest BCUT2D eigenvalue weighted by molar-refractivity contribution is 6.34. The van der Waals surface area contributed by atoms with E-state index in [-0.39, 0.29) is 12.5 Å². The van der Waals surface area contributed by atoms with Gasteiger partial charge in [-0.05, 0) is 19.8 Å². The number of aryl methyl sites for hydroxylation is 2. The van der Waals surface area contributed by atoms with E-state index in [1.807, 2.05) is 0 Å². The molecule has 0 bridgehead atoms. The van der Waals surface area contributed by atoms with Crippen molar-refractivity contribution < 1.29 is 9.32 Å². The highest BCUT2D eigenvalue weighted by Crippen LogP contribution is 2.38. The van der Waals surface area contributed by atoms with Crippen molar-refractivity contribution in [2.24, 2.45) is 7.05 Å². The maximum atomic E-state index is 12.1. The number of carbonyl (C=O) groups is 1. The molecule has 0 radical (unpaired) electrons. The summed E-state index contributed by atoms with van der Waals surface area (Å²) in [6.07, 6.45) is 2.21. The first kappa shape index (κ1) is 13.1. The van der Waals surface area contributed by atoms with Crippen LogP contribution < -0.4 is 5.32 Å². The van der Waals surface area contributed by atoms with E-state index in [9.17, 15) is 4.79 Å². The number of nitrogens with one attached hydrogen (secondary N) is 1. The van der Waals surface area contributed by atoms with Gasteiger partial charge in [-0.3, -0.25) is 9.48 Å². The molecule has 0 saturated heterocycles. The molecule has 2 heterocycles. The molecule has 0 aromatic carbocycles. The monoisotopic (exact) mass is 295 g/mol. The van der Waals surface area contributed by atoms with Crippen LogP contribution in [0.5, 0.6) is 0 Å². The summed E-state index contributed by atoms with van der Waals surface area (Å²) in [6.45, 7) is 1.93. The highest BCUT2D eigenvalue weighted by atomic mass is 35.5. The van der Waals surface area contributed by atoms with Crippen molar-refractivity contribution in [3.63, 3.8) is 0 Å². The van der Waals surface area contributed by atoms with E-state index in [1.54, 1.807) is 14.0 Å². The van der Waals surface area contributed by atoms with E-state index in [0.717, 1.165) is 18.7 Å². The third kappa shape index (κ3) is 2.40. The Bertz CT molecular complexity index is 659. The molecule has 0 spiro atoms. The van der Waals surface area contributed by atoms with E-state index < -0.39 is 0 Å². The van der Waals surface area contributed by atoms with Crippen LogP contribution in [0.15, 0.2) is 4.52 Å². The maximum Gasteiger partial charge on any atom is 0.271 e. The zero-order chi connectivity index (χ0) is 14.3. The SMILES string of the molecule is Cc1nn(C)c(C(=O)NCc2nc(C3CC3)no2)c1Cl. The minimum Gasteiger partial charge on any atom is -0.342 e. The normalized spacial score (nSPS) is 14.6. The predicted molar refractivity (Wildman–Crippen MR) is 70.4 cm³/mol. The largest absolute Gasteiger partial charge is 0.342 e. The first-order valence-corrected chi connectivity index (χ1v) is 6.74. The molecular formula is C12H14ClN5O2. The fourth-order valence-corrected chi connectivity index (χ4v) is 2.21. The smallest absolute Gasteiger partial charge is 0.271 e. The number of amides is 1. The zero-order valence-electron chi connectivity index (χ0n) is 11.2. The average Bonchev–Trinajstić information content (AvgIpc) is 3.09. The third-order valence-corrected chi connectivity index (χ3v) is 3.64. The summed E-state index contributed by atoms with van der Waals surface area (Å²) in [6, 6.07) is 0. The van der Waals surface area contributed by atoms with Crippen LogP contribution in [0.3, 0.4) is 0 Å². The van der Waals surface area contributed by atoms with Gasteiger partial charge >= 0.3 is 0 Å². The molecule has 7 nitrogen and oxygen atoms in total. The highest BCUT2D eigenvalue weighted by Gasteiger charge is 2.28. The van der Waals surface area contributed by atoms with E-state index in [2.05, 4.69) is 20.6 Å². The molecule has 1 aliphatic carbocycles. The number of halogens is 1. The number of rotatable bonds is 4. The van der Waals surface area contributed by atoms with E-state index in [1.165, 1.54) is 4.68 Å². The molecule has 2 aromatic rings. The van der Waals surface area contributed by atoms with Crippen LogP contribution in [0.1, 0.15) is 46.7 Å². The standard InChI is InChI=1S/C12H14ClN5O2/c1-6-9(13)10(18(2)16-6)12(19)14-5-8-15-11(17-20-8)7-3-4-7/h7H,3-5H2,1-2H3,(H,14,19). The summed E-state index contributed by atoms with van der Waals surface area (Å²) in [5.41, 5.74) is 0.944. The van der Waals surface area contributed by atoms with Gasteiger partial charge in [-0.25, -0.2) is 0 Å². The number of carbonyl (C=O) groups excluding carboxylic acids is 1. The topological polar surface area (TPSA) is 85.8 Å². The van der Waals surface area contributed by atoms with Crippen LogP contribution in [0.2, 0.25) is 5.02 Å². The average molecular weight is 296 g/mol. The first-order valence-electron chi connectivity index (χ1n) is 6.36. The summed E-state index contributed by atoms with van der Waals surface area (Å²) in [5, 5.41) is 11.0. The Balaban J connectivity index is 1.66. The second-order valence-electron chi connectivity index (χ2n) is 4.87. The van der Waals surface area contributed by atoms with Crippen LogP contribution in [-0.4, -0.2) is 25.8 Å². The van der Waals surface area contributed by atoms with Crippen molar-refractivity contribution in [1.82, 2.24) is 25.2 Å². The second-order valence-corrected chi connectivity index (χ2v) is 5.25. The van der Waals surface area contributed by atoms with Crippen LogP contribution in [0.4, 0.5) is 0 Å². The van der Waals surface area contributed by atoms with Gasteiger partial charge in [0.2, 0.25) is 5.89 Å². The van der Waals surface area contributed by atoms with Gasteiger partial charge in [0.1, 0.15) is 5.69 Å². The molecule has 0 unspecified atom stereocenters. The summed E-state index contributed by atoms with van der Waals surface area (Å²) in [4.78, 5) is 16.3. The van der Waals surface area contributed by atoms with Crippen LogP contribution in [-0.2, 0) is 13.6 Å². The fraction of sp³-hybridized carbons (Fsp3) is 0.500. The Morgan fingerprint density at radius 3 is 2.90 bits per heavy atom. The molecule has 1 N–H and O–H groups in total. The van der Waals surface area contributed by atoms with Gasteiger partial charge in [0.05, 0.1) is 17.3 Å². The number of hydrogen-bond acceptors (Lipinski definition) is 5. The van der Waals surface area contributed by atoms with Crippen molar-refractivity contribution in [3.8, 4) is 0 Å². The first-order chi connectivity index (χ1) is 9.56. The summed E-state index contributed by atoms with van der Waals surface area (Å²) in [5.74, 6) is 1.24. The molecule has 1 aliphatic rings. The van der Waals surface area contributed by atoms with E-state index >= 15 is 0 Å². The van der Waals surface area contributed by atoms with Crippen molar-refractivity contribution in [1.29, 1.82) is 0 Å². The van der Waals surface area contributed by atoms with E-state index in [0.29, 0.717) is 28.2 Å². The molecule has 0 aliphatic heterocycles. The van der Waals surface area contributed by atoms with Crippen LogP contribution in [0.25, 0.3) is 0 Å². The Morgan fingerprint density at radius 2 is 2.30 bits per heavy atom. The van der Waals surface area contributed by atoms with Gasteiger partial charge in [-0.2, -0.15) is 10.1 Å². The Labute approximate surface area is 120 Å². The number of hydrogen-bond donors (Lipinski definition) is 1. The van der Waals surface area contributed by atoms with Crippen LogP contribution >= 0.6 is 11.6 Å². The van der Waals surface area contributed by atoms with Crippen LogP contribution in [0, 0.1) is 6.92 Å². The Morgan fingerprint density at radius 1 is 1.55 bits per heavy atom. The molecule has 106 valence electrons. The summed E-state index contributed by atoms with van der Waals surface area (Å²) < 4.78 is 6.54. The van der Waals surface area contributed by atoms with Gasteiger partial charge in [-0.15, -0.1) is 0 Å². The molecule has 2 aromatic heterocycles. The quantitative estimate of drug-likeness (QED) is 0.925. The molecular weight excluding hydrogens is 282 g/mol. The molecule has 1 fully saturated rings. The minimum absolute atomic E-state index is 0.180.